The number of carbonyl (C=O) groups excluding carboxylic acids is 1. The highest BCUT2D eigenvalue weighted by molar-refractivity contribution is 5.99. The molecule has 1 amide bonds. The predicted octanol–water partition coefficient (Wildman–Crippen LogP) is 5.56. The molecule has 3 aromatic carbocycles. The fraction of sp³-hybridized carbons (Fsp3) is 0.154. The lowest BCUT2D eigenvalue weighted by Gasteiger charge is -2.18. The van der Waals surface area contributed by atoms with Crippen LogP contribution in [-0.2, 0) is 6.54 Å². The largest absolute Gasteiger partial charge is 0.493 e. The topological polar surface area (TPSA) is 56.6 Å². The summed E-state index contributed by atoms with van der Waals surface area (Å²) in [6, 6.07) is 19.5. The first-order chi connectivity index (χ1) is 16.9. The maximum atomic E-state index is 13.5. The van der Waals surface area contributed by atoms with Gasteiger partial charge in [-0.1, -0.05) is 24.3 Å². The van der Waals surface area contributed by atoms with Gasteiger partial charge in [0.2, 0.25) is 0 Å². The second-order valence-corrected chi connectivity index (χ2v) is 7.70. The molecule has 4 aromatic rings. The van der Waals surface area contributed by atoms with Gasteiger partial charge in [-0.05, 0) is 54.1 Å². The van der Waals surface area contributed by atoms with E-state index in [1.807, 2.05) is 30.3 Å². The van der Waals surface area contributed by atoms with E-state index in [0.717, 1.165) is 5.69 Å². The van der Waals surface area contributed by atoms with Crippen LogP contribution in [0.25, 0.3) is 16.9 Å². The minimum absolute atomic E-state index is 0.0945. The Kier molecular flexibility index (Phi) is 7.05. The van der Waals surface area contributed by atoms with E-state index in [9.17, 15) is 18.0 Å². The maximum Gasteiger partial charge on any atom is 0.387 e. The van der Waals surface area contributed by atoms with Crippen molar-refractivity contribution in [3.05, 3.63) is 95.9 Å². The number of para-hydroxylation sites is 1. The molecule has 9 heteroatoms. The summed E-state index contributed by atoms with van der Waals surface area (Å²) in [5.74, 6) is -0.677. The highest BCUT2D eigenvalue weighted by Crippen LogP contribution is 2.30. The van der Waals surface area contributed by atoms with E-state index in [-0.39, 0.29) is 24.0 Å². The summed E-state index contributed by atoms with van der Waals surface area (Å²) in [5, 5.41) is 4.60. The van der Waals surface area contributed by atoms with E-state index in [1.165, 1.54) is 36.3 Å². The average Bonchev–Trinajstić information content (AvgIpc) is 3.30. The number of carbonyl (C=O) groups is 1. The Hall–Kier alpha value is -4.27. The summed E-state index contributed by atoms with van der Waals surface area (Å²) in [6.45, 7) is -2.81. The molecular weight excluding hydrogens is 459 g/mol. The number of nitrogens with zero attached hydrogens (tertiary/aromatic N) is 3. The van der Waals surface area contributed by atoms with Gasteiger partial charge >= 0.3 is 6.61 Å². The third-order valence-corrected chi connectivity index (χ3v) is 5.29. The number of hydrogen-bond acceptors (Lipinski definition) is 4. The Morgan fingerprint density at radius 2 is 1.74 bits per heavy atom. The van der Waals surface area contributed by atoms with Gasteiger partial charge in [0.25, 0.3) is 5.91 Å². The first-order valence-electron chi connectivity index (χ1n) is 10.6. The second kappa shape index (κ2) is 10.3. The molecule has 0 atom stereocenters. The number of methoxy groups -OCH3 is 1. The van der Waals surface area contributed by atoms with Gasteiger partial charge in [0.15, 0.2) is 11.5 Å². The molecule has 0 N–H and O–H groups in total. The van der Waals surface area contributed by atoms with E-state index < -0.39 is 12.4 Å². The molecular formula is C26H22F3N3O3. The zero-order valence-electron chi connectivity index (χ0n) is 19.0. The molecule has 4 rings (SSSR count). The summed E-state index contributed by atoms with van der Waals surface area (Å²) < 4.78 is 49.9. The van der Waals surface area contributed by atoms with Gasteiger partial charge in [-0.25, -0.2) is 9.07 Å². The van der Waals surface area contributed by atoms with Crippen LogP contribution in [0.3, 0.4) is 0 Å². The molecule has 0 saturated carbocycles. The number of rotatable bonds is 8. The van der Waals surface area contributed by atoms with Crippen molar-refractivity contribution >= 4 is 5.91 Å². The monoisotopic (exact) mass is 481 g/mol. The van der Waals surface area contributed by atoms with Crippen LogP contribution in [0.1, 0.15) is 15.9 Å². The van der Waals surface area contributed by atoms with Gasteiger partial charge in [-0.2, -0.15) is 13.9 Å². The molecule has 0 spiro atoms. The normalized spacial score (nSPS) is 10.9. The molecule has 0 saturated heterocycles. The number of ether oxygens (including phenoxy) is 2. The number of amides is 1. The summed E-state index contributed by atoms with van der Waals surface area (Å²) in [7, 11) is 2.96. The van der Waals surface area contributed by atoms with Gasteiger partial charge in [-0.3, -0.25) is 4.79 Å². The molecule has 6 nitrogen and oxygen atoms in total. The summed E-state index contributed by atoms with van der Waals surface area (Å²) in [4.78, 5) is 14.9. The van der Waals surface area contributed by atoms with E-state index in [2.05, 4.69) is 9.84 Å². The second-order valence-electron chi connectivity index (χ2n) is 7.70. The van der Waals surface area contributed by atoms with Crippen LogP contribution in [0.5, 0.6) is 11.5 Å². The van der Waals surface area contributed by atoms with Gasteiger partial charge in [0.05, 0.1) is 18.4 Å². The highest BCUT2D eigenvalue weighted by Gasteiger charge is 2.22. The fourth-order valence-corrected chi connectivity index (χ4v) is 3.62. The van der Waals surface area contributed by atoms with Crippen LogP contribution in [0.2, 0.25) is 0 Å². The van der Waals surface area contributed by atoms with Crippen molar-refractivity contribution in [2.45, 2.75) is 13.2 Å². The van der Waals surface area contributed by atoms with Gasteiger partial charge in [0.1, 0.15) is 11.5 Å². The quantitative estimate of drug-likeness (QED) is 0.331. The molecule has 0 fully saturated rings. The van der Waals surface area contributed by atoms with Crippen LogP contribution in [-0.4, -0.2) is 41.4 Å². The molecule has 1 heterocycles. The van der Waals surface area contributed by atoms with Crippen molar-refractivity contribution in [2.24, 2.45) is 0 Å². The zero-order valence-corrected chi connectivity index (χ0v) is 19.0. The first-order valence-corrected chi connectivity index (χ1v) is 10.6. The summed E-state index contributed by atoms with van der Waals surface area (Å²) in [5.41, 5.74) is 2.74. The van der Waals surface area contributed by atoms with Gasteiger partial charge in [0, 0.05) is 25.4 Å². The Morgan fingerprint density at radius 3 is 2.40 bits per heavy atom. The van der Waals surface area contributed by atoms with Crippen molar-refractivity contribution < 1.29 is 27.4 Å². The number of alkyl halides is 2. The SMILES string of the molecule is COc1cc(CN(C)C(=O)c2cn(-c3ccccc3)nc2-c2ccc(F)cc2)ccc1OC(F)F. The molecule has 35 heavy (non-hydrogen) atoms. The van der Waals surface area contributed by atoms with E-state index in [1.54, 1.807) is 36.1 Å². The molecule has 0 aliphatic rings. The number of benzene rings is 3. The Balaban J connectivity index is 1.65. The van der Waals surface area contributed by atoms with Crippen molar-refractivity contribution in [3.8, 4) is 28.4 Å². The van der Waals surface area contributed by atoms with Crippen molar-refractivity contribution in [1.29, 1.82) is 0 Å². The van der Waals surface area contributed by atoms with E-state index >= 15 is 0 Å². The summed E-state index contributed by atoms with van der Waals surface area (Å²) >= 11 is 0. The van der Waals surface area contributed by atoms with E-state index in [0.29, 0.717) is 22.4 Å². The molecule has 0 radical (unpaired) electrons. The molecule has 0 unspecified atom stereocenters. The van der Waals surface area contributed by atoms with Crippen LogP contribution >= 0.6 is 0 Å². The average molecular weight is 481 g/mol. The minimum atomic E-state index is -2.98. The maximum absolute atomic E-state index is 13.5. The van der Waals surface area contributed by atoms with Crippen LogP contribution < -0.4 is 9.47 Å². The standard InChI is InChI=1S/C26H22F3N3O3/c1-31(15-17-8-13-22(35-26(28)29)23(14-17)34-2)25(33)21-16-32(20-6-4-3-5-7-20)30-24(21)18-9-11-19(27)12-10-18/h3-14,16,26H,15H2,1-2H3. The third kappa shape index (κ3) is 5.46. The van der Waals surface area contributed by atoms with Crippen LogP contribution in [0.4, 0.5) is 13.2 Å². The molecule has 1 aromatic heterocycles. The molecule has 180 valence electrons. The smallest absolute Gasteiger partial charge is 0.387 e. The molecule has 0 aliphatic heterocycles. The summed E-state index contributed by atoms with van der Waals surface area (Å²) in [6.07, 6.45) is 1.63. The first kappa shape index (κ1) is 23.9. The lowest BCUT2D eigenvalue weighted by atomic mass is 10.1. The Bertz CT molecular complexity index is 1310. The third-order valence-electron chi connectivity index (χ3n) is 5.29. The number of hydrogen-bond donors (Lipinski definition) is 0. The van der Waals surface area contributed by atoms with E-state index in [4.69, 9.17) is 4.74 Å². The Labute approximate surface area is 200 Å². The predicted molar refractivity (Wildman–Crippen MR) is 124 cm³/mol. The lowest BCUT2D eigenvalue weighted by molar-refractivity contribution is -0.0512. The van der Waals surface area contributed by atoms with Crippen molar-refractivity contribution in [1.82, 2.24) is 14.7 Å². The Morgan fingerprint density at radius 1 is 1.03 bits per heavy atom. The minimum Gasteiger partial charge on any atom is -0.493 e. The van der Waals surface area contributed by atoms with Crippen LogP contribution in [0, 0.1) is 5.82 Å². The van der Waals surface area contributed by atoms with Gasteiger partial charge in [-0.15, -0.1) is 0 Å². The highest BCUT2D eigenvalue weighted by atomic mass is 19.3. The van der Waals surface area contributed by atoms with Gasteiger partial charge < -0.3 is 14.4 Å². The number of halogens is 3. The van der Waals surface area contributed by atoms with Crippen molar-refractivity contribution in [3.63, 3.8) is 0 Å². The lowest BCUT2D eigenvalue weighted by Crippen LogP contribution is -2.26. The van der Waals surface area contributed by atoms with Crippen molar-refractivity contribution in [2.75, 3.05) is 14.2 Å². The fourth-order valence-electron chi connectivity index (χ4n) is 3.62. The molecule has 0 aliphatic carbocycles. The zero-order chi connectivity index (χ0) is 24.9. The van der Waals surface area contributed by atoms with Crippen LogP contribution in [0.15, 0.2) is 79.0 Å². The number of aromatic nitrogens is 2. The molecule has 0 bridgehead atoms.